The van der Waals surface area contributed by atoms with E-state index in [0.29, 0.717) is 22.7 Å². The van der Waals surface area contributed by atoms with Crippen molar-refractivity contribution in [2.75, 3.05) is 11.4 Å². The highest BCUT2D eigenvalue weighted by Crippen LogP contribution is 2.39. The minimum Gasteiger partial charge on any atom is -0.469 e. The van der Waals surface area contributed by atoms with Crippen molar-refractivity contribution in [2.24, 2.45) is 0 Å². The first kappa shape index (κ1) is 18.3. The molecule has 2 amide bonds. The van der Waals surface area contributed by atoms with Gasteiger partial charge in [0.1, 0.15) is 17.3 Å². The number of nitrogens with zero attached hydrogens (tertiary/aromatic N) is 2. The lowest BCUT2D eigenvalue weighted by Crippen LogP contribution is -2.44. The van der Waals surface area contributed by atoms with E-state index in [2.05, 4.69) is 10.3 Å². The van der Waals surface area contributed by atoms with Crippen LogP contribution in [0.3, 0.4) is 0 Å². The topological polar surface area (TPSA) is 75.4 Å². The monoisotopic (exact) mass is 393 g/mol. The molecule has 2 aromatic heterocycles. The molecule has 0 spiro atoms. The maximum absolute atomic E-state index is 13.2. The molecule has 0 saturated heterocycles. The largest absolute Gasteiger partial charge is 0.469 e. The van der Waals surface area contributed by atoms with Gasteiger partial charge in [-0.3, -0.25) is 14.5 Å². The lowest BCUT2D eigenvalue weighted by atomic mass is 10.2. The van der Waals surface area contributed by atoms with Crippen LogP contribution in [0.1, 0.15) is 23.0 Å². The number of nitrogens with one attached hydrogen (secondary N) is 1. The number of hydrogen-bond donors (Lipinski definition) is 1. The molecule has 0 saturated carbocycles. The van der Waals surface area contributed by atoms with Crippen LogP contribution in [-0.4, -0.2) is 29.4 Å². The van der Waals surface area contributed by atoms with Gasteiger partial charge in [-0.15, -0.1) is 0 Å². The number of aromatic nitrogens is 1. The Bertz CT molecular complexity index is 1000. The van der Waals surface area contributed by atoms with E-state index in [0.717, 1.165) is 10.7 Å². The van der Waals surface area contributed by atoms with E-state index in [1.165, 1.54) is 16.7 Å². The predicted octanol–water partition coefficient (Wildman–Crippen LogP) is 3.53. The molecule has 1 unspecified atom stereocenters. The number of para-hydroxylation sites is 1. The minimum atomic E-state index is -0.227. The normalized spacial score (nSPS) is 14.0. The summed E-state index contributed by atoms with van der Waals surface area (Å²) in [5.74, 6) is 0.356. The molecule has 6 nitrogen and oxygen atoms in total. The average Bonchev–Trinajstić information content (AvgIpc) is 3.15. The third-order valence-electron chi connectivity index (χ3n) is 4.41. The summed E-state index contributed by atoms with van der Waals surface area (Å²) in [6.07, 6.45) is 3.87. The van der Waals surface area contributed by atoms with Crippen LogP contribution in [0, 0.1) is 0 Å². The average molecular weight is 393 g/mol. The molecule has 1 N–H and O–H groups in total. The van der Waals surface area contributed by atoms with E-state index in [-0.39, 0.29) is 24.4 Å². The number of carbonyl (C=O) groups is 2. The van der Waals surface area contributed by atoms with E-state index < -0.39 is 0 Å². The fourth-order valence-corrected chi connectivity index (χ4v) is 4.18. The van der Waals surface area contributed by atoms with Gasteiger partial charge in [-0.2, -0.15) is 0 Å². The summed E-state index contributed by atoms with van der Waals surface area (Å²) in [4.78, 5) is 32.6. The van der Waals surface area contributed by atoms with Crippen molar-refractivity contribution in [1.82, 2.24) is 10.3 Å². The first-order valence-corrected chi connectivity index (χ1v) is 9.79. The van der Waals surface area contributed by atoms with Crippen LogP contribution < -0.4 is 10.2 Å². The number of rotatable bonds is 5. The maximum atomic E-state index is 13.2. The molecule has 0 aliphatic carbocycles. The number of hydrogen-bond acceptors (Lipinski definition) is 5. The molecule has 1 aliphatic rings. The van der Waals surface area contributed by atoms with Crippen LogP contribution in [0.15, 0.2) is 75.3 Å². The van der Waals surface area contributed by atoms with Gasteiger partial charge < -0.3 is 9.73 Å². The second kappa shape index (κ2) is 7.90. The Balaban J connectivity index is 1.55. The Hall–Kier alpha value is -3.06. The van der Waals surface area contributed by atoms with Gasteiger partial charge in [0.05, 0.1) is 17.5 Å². The maximum Gasteiger partial charge on any atom is 0.261 e. The summed E-state index contributed by atoms with van der Waals surface area (Å²) < 4.78 is 5.33. The molecule has 1 aliphatic heterocycles. The van der Waals surface area contributed by atoms with Gasteiger partial charge in [0, 0.05) is 23.6 Å². The highest BCUT2D eigenvalue weighted by molar-refractivity contribution is 7.99. The molecule has 3 aromatic rings. The van der Waals surface area contributed by atoms with Crippen LogP contribution in [0.2, 0.25) is 0 Å². The molecule has 0 radical (unpaired) electrons. The summed E-state index contributed by atoms with van der Waals surface area (Å²) in [5.41, 5.74) is 1.21. The van der Waals surface area contributed by atoms with Gasteiger partial charge in [-0.05, 0) is 43.3 Å². The molecule has 0 bridgehead atoms. The Morgan fingerprint density at radius 2 is 2.07 bits per heavy atom. The molecule has 28 heavy (non-hydrogen) atoms. The molecule has 1 atom stereocenters. The van der Waals surface area contributed by atoms with Crippen LogP contribution in [0.5, 0.6) is 0 Å². The second-order valence-electron chi connectivity index (χ2n) is 6.57. The third-order valence-corrected chi connectivity index (χ3v) is 5.49. The van der Waals surface area contributed by atoms with Gasteiger partial charge >= 0.3 is 0 Å². The number of fused-ring (bicyclic) bond motifs is 2. The SMILES string of the molecule is CC(Cc1ccco1)NC(=O)CN1C(=O)c2cccnc2Sc2ccccc21. The number of amides is 2. The fraction of sp³-hybridized carbons (Fsp3) is 0.190. The van der Waals surface area contributed by atoms with Crippen LogP contribution in [0.25, 0.3) is 0 Å². The smallest absolute Gasteiger partial charge is 0.261 e. The molecular formula is C21H19N3O3S. The van der Waals surface area contributed by atoms with Crippen molar-refractivity contribution in [2.45, 2.75) is 29.3 Å². The van der Waals surface area contributed by atoms with Gasteiger partial charge in [0.25, 0.3) is 5.91 Å². The minimum absolute atomic E-state index is 0.0623. The molecule has 4 rings (SSSR count). The van der Waals surface area contributed by atoms with Crippen molar-refractivity contribution in [3.63, 3.8) is 0 Å². The highest BCUT2D eigenvalue weighted by atomic mass is 32.2. The Labute approximate surface area is 166 Å². The second-order valence-corrected chi connectivity index (χ2v) is 7.60. The summed E-state index contributed by atoms with van der Waals surface area (Å²) in [6, 6.07) is 14.6. The molecule has 142 valence electrons. The van der Waals surface area contributed by atoms with E-state index in [1.54, 1.807) is 24.6 Å². The zero-order valence-corrected chi connectivity index (χ0v) is 16.1. The number of pyridine rings is 1. The molecule has 0 fully saturated rings. The predicted molar refractivity (Wildman–Crippen MR) is 106 cm³/mol. The zero-order chi connectivity index (χ0) is 19.5. The van der Waals surface area contributed by atoms with E-state index in [1.807, 2.05) is 43.3 Å². The van der Waals surface area contributed by atoms with E-state index >= 15 is 0 Å². The Kier molecular flexibility index (Phi) is 5.16. The summed E-state index contributed by atoms with van der Waals surface area (Å²) >= 11 is 1.44. The van der Waals surface area contributed by atoms with Crippen molar-refractivity contribution >= 4 is 29.3 Å². The highest BCUT2D eigenvalue weighted by Gasteiger charge is 2.29. The molecular weight excluding hydrogens is 374 g/mol. The van der Waals surface area contributed by atoms with Crippen molar-refractivity contribution in [3.05, 3.63) is 72.3 Å². The summed E-state index contributed by atoms with van der Waals surface area (Å²) in [7, 11) is 0. The van der Waals surface area contributed by atoms with Gasteiger partial charge in [0.2, 0.25) is 5.91 Å². The summed E-state index contributed by atoms with van der Waals surface area (Å²) in [6.45, 7) is 1.85. The van der Waals surface area contributed by atoms with Gasteiger partial charge in [-0.25, -0.2) is 4.98 Å². The van der Waals surface area contributed by atoms with E-state index in [4.69, 9.17) is 4.42 Å². The Morgan fingerprint density at radius 3 is 2.89 bits per heavy atom. The van der Waals surface area contributed by atoms with E-state index in [9.17, 15) is 9.59 Å². The number of anilines is 1. The fourth-order valence-electron chi connectivity index (χ4n) is 3.16. The van der Waals surface area contributed by atoms with Crippen LogP contribution in [0.4, 0.5) is 5.69 Å². The molecule has 7 heteroatoms. The standard InChI is InChI=1S/C21H19N3O3S/c1-14(12-15-6-5-11-27-15)23-19(25)13-24-17-8-2-3-9-18(17)28-20-16(21(24)26)7-4-10-22-20/h2-11,14H,12-13H2,1H3,(H,23,25). The molecule has 3 heterocycles. The third kappa shape index (κ3) is 3.80. The Morgan fingerprint density at radius 1 is 1.21 bits per heavy atom. The zero-order valence-electron chi connectivity index (χ0n) is 15.3. The summed E-state index contributed by atoms with van der Waals surface area (Å²) in [5, 5.41) is 3.59. The number of benzene rings is 1. The van der Waals surface area contributed by atoms with Crippen molar-refractivity contribution in [1.29, 1.82) is 0 Å². The first-order chi connectivity index (χ1) is 13.6. The first-order valence-electron chi connectivity index (χ1n) is 8.97. The van der Waals surface area contributed by atoms with Gasteiger partial charge in [0.15, 0.2) is 0 Å². The van der Waals surface area contributed by atoms with Crippen LogP contribution >= 0.6 is 11.8 Å². The molecule has 1 aromatic carbocycles. The number of carbonyl (C=O) groups excluding carboxylic acids is 2. The van der Waals surface area contributed by atoms with Gasteiger partial charge in [-0.1, -0.05) is 23.9 Å². The lowest BCUT2D eigenvalue weighted by molar-refractivity contribution is -0.120. The van der Waals surface area contributed by atoms with Crippen molar-refractivity contribution < 1.29 is 14.0 Å². The quantitative estimate of drug-likeness (QED) is 0.718. The van der Waals surface area contributed by atoms with Crippen LogP contribution in [-0.2, 0) is 11.2 Å². The van der Waals surface area contributed by atoms with Crippen molar-refractivity contribution in [3.8, 4) is 0 Å². The lowest BCUT2D eigenvalue weighted by Gasteiger charge is -2.23. The number of furan rings is 1.